The molecular formula is C14H22N2O2. The third kappa shape index (κ3) is 5.08. The molecule has 0 fully saturated rings. The van der Waals surface area contributed by atoms with E-state index in [1.165, 1.54) is 0 Å². The number of rotatable bonds is 3. The molecule has 18 heavy (non-hydrogen) atoms. The topological polar surface area (TPSA) is 64.3 Å². The zero-order valence-corrected chi connectivity index (χ0v) is 11.5. The normalized spacial score (nSPS) is 12.9. The van der Waals surface area contributed by atoms with E-state index in [9.17, 15) is 4.79 Å². The number of nitrogen functional groups attached to an aromatic ring is 1. The molecule has 1 aromatic rings. The lowest BCUT2D eigenvalue weighted by Gasteiger charge is -2.22. The molecule has 1 amide bonds. The van der Waals surface area contributed by atoms with Gasteiger partial charge in [-0.3, -0.25) is 0 Å². The quantitative estimate of drug-likeness (QED) is 0.811. The van der Waals surface area contributed by atoms with Crippen molar-refractivity contribution in [2.75, 3.05) is 5.73 Å². The highest BCUT2D eigenvalue weighted by Gasteiger charge is 2.17. The van der Waals surface area contributed by atoms with Crippen molar-refractivity contribution in [3.63, 3.8) is 0 Å². The summed E-state index contributed by atoms with van der Waals surface area (Å²) < 4.78 is 5.20. The molecule has 3 N–H and O–H groups in total. The van der Waals surface area contributed by atoms with Gasteiger partial charge in [-0.2, -0.15) is 0 Å². The van der Waals surface area contributed by atoms with Crippen LogP contribution >= 0.6 is 0 Å². The summed E-state index contributed by atoms with van der Waals surface area (Å²) in [5, 5.41) is 2.80. The third-order valence-electron chi connectivity index (χ3n) is 2.34. The summed E-state index contributed by atoms with van der Waals surface area (Å²) in [6, 6.07) is 7.62. The van der Waals surface area contributed by atoms with Gasteiger partial charge >= 0.3 is 6.09 Å². The second-order valence-corrected chi connectivity index (χ2v) is 5.45. The Kier molecular flexibility index (Phi) is 4.59. The Morgan fingerprint density at radius 2 is 2.00 bits per heavy atom. The number of hydrogen-bond acceptors (Lipinski definition) is 3. The lowest BCUT2D eigenvalue weighted by atomic mass is 10.1. The van der Waals surface area contributed by atoms with Crippen molar-refractivity contribution in [2.24, 2.45) is 0 Å². The number of carbonyl (C=O) groups is 1. The second-order valence-electron chi connectivity index (χ2n) is 5.45. The molecule has 0 aliphatic carbocycles. The van der Waals surface area contributed by atoms with E-state index in [1.807, 2.05) is 52.0 Å². The summed E-state index contributed by atoms with van der Waals surface area (Å²) in [6.07, 6.45) is 0.288. The maximum Gasteiger partial charge on any atom is 0.407 e. The number of benzene rings is 1. The molecule has 1 aromatic carbocycles. The van der Waals surface area contributed by atoms with Crippen molar-refractivity contribution in [2.45, 2.75) is 45.8 Å². The fourth-order valence-electron chi connectivity index (χ4n) is 1.61. The molecule has 0 spiro atoms. The zero-order chi connectivity index (χ0) is 13.8. The first-order valence-corrected chi connectivity index (χ1v) is 6.11. The minimum atomic E-state index is -0.477. The summed E-state index contributed by atoms with van der Waals surface area (Å²) in [5.41, 5.74) is 7.16. The summed E-state index contributed by atoms with van der Waals surface area (Å²) in [7, 11) is 0. The molecule has 0 radical (unpaired) electrons. The Balaban J connectivity index is 2.50. The standard InChI is InChI=1S/C14H22N2O2/c1-10(16-13(17)18-14(2,3)4)9-11-7-5-6-8-12(11)15/h5-8,10H,9,15H2,1-4H3,(H,16,17). The van der Waals surface area contributed by atoms with Gasteiger partial charge in [0.05, 0.1) is 0 Å². The first-order chi connectivity index (χ1) is 8.28. The molecule has 0 aromatic heterocycles. The number of alkyl carbamates (subject to hydrolysis) is 1. The Morgan fingerprint density at radius 1 is 1.39 bits per heavy atom. The number of carbonyl (C=O) groups excluding carboxylic acids is 1. The van der Waals surface area contributed by atoms with Crippen molar-refractivity contribution in [3.8, 4) is 0 Å². The number of amides is 1. The molecule has 1 rings (SSSR count). The van der Waals surface area contributed by atoms with E-state index in [4.69, 9.17) is 10.5 Å². The number of nitrogens with two attached hydrogens (primary N) is 1. The van der Waals surface area contributed by atoms with Crippen LogP contribution in [0.1, 0.15) is 33.3 Å². The highest BCUT2D eigenvalue weighted by atomic mass is 16.6. The molecule has 0 aliphatic rings. The van der Waals surface area contributed by atoms with E-state index < -0.39 is 11.7 Å². The number of para-hydroxylation sites is 1. The first-order valence-electron chi connectivity index (χ1n) is 6.11. The monoisotopic (exact) mass is 250 g/mol. The van der Waals surface area contributed by atoms with Gasteiger partial charge in [-0.1, -0.05) is 18.2 Å². The minimum Gasteiger partial charge on any atom is -0.444 e. The average molecular weight is 250 g/mol. The molecule has 0 heterocycles. The van der Waals surface area contributed by atoms with Gasteiger partial charge in [-0.05, 0) is 45.7 Å². The predicted octanol–water partition coefficient (Wildman–Crippen LogP) is 2.72. The Bertz CT molecular complexity index is 411. The van der Waals surface area contributed by atoms with E-state index >= 15 is 0 Å². The maximum atomic E-state index is 11.6. The molecule has 0 saturated heterocycles. The molecule has 0 bridgehead atoms. The van der Waals surface area contributed by atoms with Crippen molar-refractivity contribution in [1.29, 1.82) is 0 Å². The van der Waals surface area contributed by atoms with Crippen LogP contribution < -0.4 is 11.1 Å². The Hall–Kier alpha value is -1.71. The smallest absolute Gasteiger partial charge is 0.407 e. The van der Waals surface area contributed by atoms with E-state index in [-0.39, 0.29) is 6.04 Å². The lowest BCUT2D eigenvalue weighted by Crippen LogP contribution is -2.38. The summed E-state index contributed by atoms with van der Waals surface area (Å²) in [4.78, 5) is 11.6. The minimum absolute atomic E-state index is 0.0236. The highest BCUT2D eigenvalue weighted by molar-refractivity contribution is 5.68. The van der Waals surface area contributed by atoms with Gasteiger partial charge in [0.2, 0.25) is 0 Å². The van der Waals surface area contributed by atoms with Crippen LogP contribution in [0.5, 0.6) is 0 Å². The van der Waals surface area contributed by atoms with Crippen LogP contribution in [-0.4, -0.2) is 17.7 Å². The zero-order valence-electron chi connectivity index (χ0n) is 11.5. The molecular weight excluding hydrogens is 228 g/mol. The molecule has 4 nitrogen and oxygen atoms in total. The van der Waals surface area contributed by atoms with Gasteiger partial charge in [0.15, 0.2) is 0 Å². The van der Waals surface area contributed by atoms with Crippen LogP contribution in [0.15, 0.2) is 24.3 Å². The highest BCUT2D eigenvalue weighted by Crippen LogP contribution is 2.13. The van der Waals surface area contributed by atoms with Crippen LogP contribution in [0.2, 0.25) is 0 Å². The SMILES string of the molecule is CC(Cc1ccccc1N)NC(=O)OC(C)(C)C. The van der Waals surface area contributed by atoms with Gasteiger partial charge < -0.3 is 15.8 Å². The van der Waals surface area contributed by atoms with Gasteiger partial charge in [0.1, 0.15) is 5.60 Å². The molecule has 1 unspecified atom stereocenters. The summed E-state index contributed by atoms with van der Waals surface area (Å²) >= 11 is 0. The fraction of sp³-hybridized carbons (Fsp3) is 0.500. The lowest BCUT2D eigenvalue weighted by molar-refractivity contribution is 0.0508. The van der Waals surface area contributed by atoms with E-state index in [1.54, 1.807) is 0 Å². The number of ether oxygens (including phenoxy) is 1. The fourth-order valence-corrected chi connectivity index (χ4v) is 1.61. The molecule has 0 saturated carbocycles. The predicted molar refractivity (Wildman–Crippen MR) is 73.4 cm³/mol. The number of nitrogens with one attached hydrogen (secondary N) is 1. The number of hydrogen-bond donors (Lipinski definition) is 2. The van der Waals surface area contributed by atoms with Gasteiger partial charge in [0.25, 0.3) is 0 Å². The van der Waals surface area contributed by atoms with E-state index in [0.717, 1.165) is 11.3 Å². The summed E-state index contributed by atoms with van der Waals surface area (Å²) in [6.45, 7) is 7.45. The van der Waals surface area contributed by atoms with Gasteiger partial charge in [-0.25, -0.2) is 4.79 Å². The van der Waals surface area contributed by atoms with Crippen molar-refractivity contribution >= 4 is 11.8 Å². The molecule has 4 heteroatoms. The van der Waals surface area contributed by atoms with Crippen molar-refractivity contribution in [1.82, 2.24) is 5.32 Å². The van der Waals surface area contributed by atoms with Crippen molar-refractivity contribution in [3.05, 3.63) is 29.8 Å². The first kappa shape index (κ1) is 14.4. The summed E-state index contributed by atoms with van der Waals surface area (Å²) in [5.74, 6) is 0. The van der Waals surface area contributed by atoms with Crippen LogP contribution in [-0.2, 0) is 11.2 Å². The third-order valence-corrected chi connectivity index (χ3v) is 2.34. The Morgan fingerprint density at radius 3 is 2.56 bits per heavy atom. The van der Waals surface area contributed by atoms with Crippen LogP contribution in [0, 0.1) is 0 Å². The Labute approximate surface area is 109 Å². The van der Waals surface area contributed by atoms with Gasteiger partial charge in [0, 0.05) is 11.7 Å². The van der Waals surface area contributed by atoms with E-state index in [0.29, 0.717) is 6.42 Å². The van der Waals surface area contributed by atoms with Crippen LogP contribution in [0.4, 0.5) is 10.5 Å². The largest absolute Gasteiger partial charge is 0.444 e. The average Bonchev–Trinajstić information content (AvgIpc) is 2.18. The van der Waals surface area contributed by atoms with Crippen molar-refractivity contribution < 1.29 is 9.53 Å². The number of anilines is 1. The molecule has 100 valence electrons. The molecule has 1 atom stereocenters. The second kappa shape index (κ2) is 5.76. The van der Waals surface area contributed by atoms with E-state index in [2.05, 4.69) is 5.32 Å². The van der Waals surface area contributed by atoms with Crippen LogP contribution in [0.3, 0.4) is 0 Å². The van der Waals surface area contributed by atoms with Gasteiger partial charge in [-0.15, -0.1) is 0 Å². The van der Waals surface area contributed by atoms with Crippen LogP contribution in [0.25, 0.3) is 0 Å². The maximum absolute atomic E-state index is 11.6. The molecule has 0 aliphatic heterocycles.